The first kappa shape index (κ1) is 12.8. The molecule has 0 unspecified atom stereocenters. The summed E-state index contributed by atoms with van der Waals surface area (Å²) in [5, 5.41) is 17.8. The summed E-state index contributed by atoms with van der Waals surface area (Å²) in [6.07, 6.45) is 3.62. The van der Waals surface area contributed by atoms with Gasteiger partial charge in [0.2, 0.25) is 0 Å². The number of nitrogens with one attached hydrogen (secondary N) is 2. The van der Waals surface area contributed by atoms with Crippen LogP contribution in [0.25, 0.3) is 0 Å². The van der Waals surface area contributed by atoms with E-state index in [0.29, 0.717) is 18.5 Å². The zero-order valence-corrected chi connectivity index (χ0v) is 10.1. The van der Waals surface area contributed by atoms with E-state index in [4.69, 9.17) is 5.11 Å². The van der Waals surface area contributed by atoms with E-state index in [9.17, 15) is 9.59 Å². The Bertz CT molecular complexity index is 561. The van der Waals surface area contributed by atoms with Crippen LogP contribution in [0, 0.1) is 0 Å². The van der Waals surface area contributed by atoms with Crippen molar-refractivity contribution in [1.82, 2.24) is 15.5 Å². The molecule has 98 valence electrons. The summed E-state index contributed by atoms with van der Waals surface area (Å²) < 4.78 is 0. The smallest absolute Gasteiger partial charge is 0.335 e. The Labute approximate surface area is 109 Å². The Hall–Kier alpha value is -2.63. The van der Waals surface area contributed by atoms with Crippen molar-refractivity contribution in [2.24, 2.45) is 0 Å². The van der Waals surface area contributed by atoms with E-state index in [0.717, 1.165) is 5.56 Å². The van der Waals surface area contributed by atoms with Gasteiger partial charge in [0.25, 0.3) is 5.91 Å². The van der Waals surface area contributed by atoms with Crippen LogP contribution in [-0.2, 0) is 6.42 Å². The lowest BCUT2D eigenvalue weighted by atomic mass is 10.1. The van der Waals surface area contributed by atoms with Crippen molar-refractivity contribution in [3.63, 3.8) is 0 Å². The molecule has 1 amide bonds. The summed E-state index contributed by atoms with van der Waals surface area (Å²) >= 11 is 0. The number of carbonyl (C=O) groups excluding carboxylic acids is 1. The van der Waals surface area contributed by atoms with Gasteiger partial charge in [-0.1, -0.05) is 12.1 Å². The largest absolute Gasteiger partial charge is 0.478 e. The maximum Gasteiger partial charge on any atom is 0.335 e. The fourth-order valence-corrected chi connectivity index (χ4v) is 1.61. The van der Waals surface area contributed by atoms with Gasteiger partial charge < -0.3 is 10.4 Å². The number of rotatable bonds is 5. The van der Waals surface area contributed by atoms with Crippen molar-refractivity contribution in [2.75, 3.05) is 6.54 Å². The second kappa shape index (κ2) is 5.81. The van der Waals surface area contributed by atoms with Crippen LogP contribution in [0.4, 0.5) is 0 Å². The van der Waals surface area contributed by atoms with Crippen LogP contribution < -0.4 is 5.32 Å². The van der Waals surface area contributed by atoms with Crippen molar-refractivity contribution >= 4 is 11.9 Å². The third-order valence-electron chi connectivity index (χ3n) is 2.66. The monoisotopic (exact) mass is 259 g/mol. The number of carboxylic acid groups (broad SMARTS) is 1. The highest BCUT2D eigenvalue weighted by Crippen LogP contribution is 2.05. The molecule has 0 radical (unpaired) electrons. The van der Waals surface area contributed by atoms with Crippen LogP contribution in [0.1, 0.15) is 26.3 Å². The minimum Gasteiger partial charge on any atom is -0.478 e. The van der Waals surface area contributed by atoms with Gasteiger partial charge in [0, 0.05) is 12.7 Å². The van der Waals surface area contributed by atoms with Gasteiger partial charge in [-0.25, -0.2) is 4.79 Å². The molecule has 6 heteroatoms. The Morgan fingerprint density at radius 3 is 2.53 bits per heavy atom. The molecular weight excluding hydrogens is 246 g/mol. The molecule has 0 aliphatic rings. The molecule has 2 aromatic rings. The minimum absolute atomic E-state index is 0.184. The zero-order chi connectivity index (χ0) is 13.7. The van der Waals surface area contributed by atoms with E-state index in [1.165, 1.54) is 12.4 Å². The number of amides is 1. The zero-order valence-electron chi connectivity index (χ0n) is 10.1. The number of aromatic nitrogens is 2. The van der Waals surface area contributed by atoms with Gasteiger partial charge in [-0.2, -0.15) is 5.10 Å². The van der Waals surface area contributed by atoms with E-state index in [1.807, 2.05) is 0 Å². The molecule has 1 heterocycles. The molecule has 0 aliphatic heterocycles. The van der Waals surface area contributed by atoms with Gasteiger partial charge in [0.05, 0.1) is 17.3 Å². The van der Waals surface area contributed by atoms with E-state index in [-0.39, 0.29) is 11.5 Å². The topological polar surface area (TPSA) is 95.1 Å². The summed E-state index contributed by atoms with van der Waals surface area (Å²) in [5.41, 5.74) is 1.71. The van der Waals surface area contributed by atoms with E-state index >= 15 is 0 Å². The second-order valence-electron chi connectivity index (χ2n) is 3.99. The molecule has 19 heavy (non-hydrogen) atoms. The number of nitrogens with zero attached hydrogens (tertiary/aromatic N) is 1. The number of hydrogen-bond donors (Lipinski definition) is 3. The highest BCUT2D eigenvalue weighted by Gasteiger charge is 2.06. The molecule has 3 N–H and O–H groups in total. The Kier molecular flexibility index (Phi) is 3.92. The lowest BCUT2D eigenvalue weighted by molar-refractivity contribution is 0.0696. The first-order chi connectivity index (χ1) is 9.16. The number of carbonyl (C=O) groups is 2. The van der Waals surface area contributed by atoms with Crippen LogP contribution >= 0.6 is 0 Å². The van der Waals surface area contributed by atoms with Crippen LogP contribution in [-0.4, -0.2) is 33.7 Å². The molecule has 0 spiro atoms. The number of hydrogen-bond acceptors (Lipinski definition) is 3. The molecule has 0 aliphatic carbocycles. The third kappa shape index (κ3) is 3.41. The van der Waals surface area contributed by atoms with Crippen LogP contribution in [0.5, 0.6) is 0 Å². The average Bonchev–Trinajstić information content (AvgIpc) is 2.93. The van der Waals surface area contributed by atoms with Crippen molar-refractivity contribution in [3.05, 3.63) is 53.3 Å². The fraction of sp³-hybridized carbons (Fsp3) is 0.154. The van der Waals surface area contributed by atoms with E-state index < -0.39 is 5.97 Å². The number of aromatic carboxylic acids is 1. The summed E-state index contributed by atoms with van der Waals surface area (Å²) in [4.78, 5) is 22.3. The maximum absolute atomic E-state index is 11.6. The third-order valence-corrected chi connectivity index (χ3v) is 2.66. The molecule has 0 bridgehead atoms. The molecule has 0 saturated carbocycles. The van der Waals surface area contributed by atoms with Gasteiger partial charge in [0.15, 0.2) is 0 Å². The standard InChI is InChI=1S/C13H13N3O3/c17-12(11-7-15-16-8-11)14-6-5-9-1-3-10(4-2-9)13(18)19/h1-4,7-8H,5-6H2,(H,14,17)(H,15,16)(H,18,19). The minimum atomic E-state index is -0.945. The molecular formula is C13H13N3O3. The lowest BCUT2D eigenvalue weighted by Crippen LogP contribution is -2.25. The van der Waals surface area contributed by atoms with Crippen molar-refractivity contribution in [2.45, 2.75) is 6.42 Å². The van der Waals surface area contributed by atoms with Crippen LogP contribution in [0.2, 0.25) is 0 Å². The summed E-state index contributed by atoms with van der Waals surface area (Å²) in [5.74, 6) is -1.13. The number of benzene rings is 1. The van der Waals surface area contributed by atoms with E-state index in [1.54, 1.807) is 24.3 Å². The van der Waals surface area contributed by atoms with Gasteiger partial charge in [0.1, 0.15) is 0 Å². The Morgan fingerprint density at radius 2 is 1.95 bits per heavy atom. The highest BCUT2D eigenvalue weighted by molar-refractivity contribution is 5.93. The second-order valence-corrected chi connectivity index (χ2v) is 3.99. The maximum atomic E-state index is 11.6. The van der Waals surface area contributed by atoms with Crippen molar-refractivity contribution in [3.8, 4) is 0 Å². The summed E-state index contributed by atoms with van der Waals surface area (Å²) in [6, 6.07) is 6.59. The normalized spacial score (nSPS) is 10.1. The molecule has 0 atom stereocenters. The van der Waals surface area contributed by atoms with Crippen molar-refractivity contribution < 1.29 is 14.7 Å². The number of H-pyrrole nitrogens is 1. The quantitative estimate of drug-likeness (QED) is 0.748. The molecule has 2 rings (SSSR count). The molecule has 1 aromatic carbocycles. The molecule has 0 fully saturated rings. The highest BCUT2D eigenvalue weighted by atomic mass is 16.4. The SMILES string of the molecule is O=C(O)c1ccc(CCNC(=O)c2cn[nH]c2)cc1. The summed E-state index contributed by atoms with van der Waals surface area (Å²) in [6.45, 7) is 0.483. The first-order valence-electron chi connectivity index (χ1n) is 5.76. The average molecular weight is 259 g/mol. The van der Waals surface area contributed by atoms with Gasteiger partial charge in [-0.05, 0) is 24.1 Å². The lowest BCUT2D eigenvalue weighted by Gasteiger charge is -2.04. The number of aromatic amines is 1. The van der Waals surface area contributed by atoms with Crippen LogP contribution in [0.3, 0.4) is 0 Å². The van der Waals surface area contributed by atoms with E-state index in [2.05, 4.69) is 15.5 Å². The Balaban J connectivity index is 1.82. The Morgan fingerprint density at radius 1 is 1.21 bits per heavy atom. The molecule has 6 nitrogen and oxygen atoms in total. The summed E-state index contributed by atoms with van der Waals surface area (Å²) in [7, 11) is 0. The first-order valence-corrected chi connectivity index (χ1v) is 5.76. The van der Waals surface area contributed by atoms with Crippen LogP contribution in [0.15, 0.2) is 36.7 Å². The number of carboxylic acids is 1. The van der Waals surface area contributed by atoms with Crippen molar-refractivity contribution in [1.29, 1.82) is 0 Å². The molecule has 0 saturated heterocycles. The van der Waals surface area contributed by atoms with Gasteiger partial charge >= 0.3 is 5.97 Å². The van der Waals surface area contributed by atoms with Gasteiger partial charge in [-0.3, -0.25) is 9.89 Å². The molecule has 1 aromatic heterocycles. The predicted octanol–water partition coefficient (Wildman–Crippen LogP) is 1.08. The van der Waals surface area contributed by atoms with Gasteiger partial charge in [-0.15, -0.1) is 0 Å². The fourth-order valence-electron chi connectivity index (χ4n) is 1.61. The predicted molar refractivity (Wildman–Crippen MR) is 68.0 cm³/mol.